The van der Waals surface area contributed by atoms with Gasteiger partial charge < -0.3 is 10.0 Å². The Labute approximate surface area is 103 Å². The standard InChI is InChI=1S/C14H21NO2/c1-15(2)11-10-13-8-6-12(7-9-13)4-3-5-14(16)17/h6-9H,3-5,10-11H2,1-2H3,(H,16,17). The zero-order valence-electron chi connectivity index (χ0n) is 10.6. The molecule has 0 fully saturated rings. The number of carboxylic acids is 1. The Bertz CT molecular complexity index is 344. The van der Waals surface area contributed by atoms with Gasteiger partial charge in [0.1, 0.15) is 0 Å². The lowest BCUT2D eigenvalue weighted by atomic mass is 10.0. The summed E-state index contributed by atoms with van der Waals surface area (Å²) in [7, 11) is 4.14. The fourth-order valence-corrected chi connectivity index (χ4v) is 1.67. The summed E-state index contributed by atoms with van der Waals surface area (Å²) in [5.41, 5.74) is 2.56. The van der Waals surface area contributed by atoms with E-state index in [1.165, 1.54) is 11.1 Å². The van der Waals surface area contributed by atoms with Crippen LogP contribution in [0.2, 0.25) is 0 Å². The highest BCUT2D eigenvalue weighted by Gasteiger charge is 1.99. The molecule has 0 aliphatic rings. The van der Waals surface area contributed by atoms with Crippen molar-refractivity contribution in [3.05, 3.63) is 35.4 Å². The first kappa shape index (κ1) is 13.7. The molecule has 0 aliphatic heterocycles. The second-order valence-corrected chi connectivity index (χ2v) is 4.62. The summed E-state index contributed by atoms with van der Waals surface area (Å²) in [6.07, 6.45) is 2.87. The van der Waals surface area contributed by atoms with Crippen molar-refractivity contribution < 1.29 is 9.90 Å². The molecule has 0 spiro atoms. The highest BCUT2D eigenvalue weighted by Crippen LogP contribution is 2.08. The van der Waals surface area contributed by atoms with Crippen molar-refractivity contribution in [2.75, 3.05) is 20.6 Å². The van der Waals surface area contributed by atoms with Crippen LogP contribution >= 0.6 is 0 Å². The molecular weight excluding hydrogens is 214 g/mol. The van der Waals surface area contributed by atoms with Gasteiger partial charge in [0.25, 0.3) is 0 Å². The SMILES string of the molecule is CN(C)CCc1ccc(CCCC(=O)O)cc1. The first-order valence-electron chi connectivity index (χ1n) is 6.02. The lowest BCUT2D eigenvalue weighted by molar-refractivity contribution is -0.137. The van der Waals surface area contributed by atoms with Gasteiger partial charge >= 0.3 is 5.97 Å². The van der Waals surface area contributed by atoms with E-state index >= 15 is 0 Å². The van der Waals surface area contributed by atoms with Gasteiger partial charge in [-0.05, 0) is 44.5 Å². The van der Waals surface area contributed by atoms with E-state index < -0.39 is 5.97 Å². The number of aliphatic carboxylic acids is 1. The number of nitrogens with zero attached hydrogens (tertiary/aromatic N) is 1. The second kappa shape index (κ2) is 7.07. The summed E-state index contributed by atoms with van der Waals surface area (Å²) in [5, 5.41) is 8.55. The number of benzene rings is 1. The normalized spacial score (nSPS) is 10.8. The van der Waals surface area contributed by atoms with E-state index in [1.807, 2.05) is 0 Å². The molecule has 1 N–H and O–H groups in total. The van der Waals surface area contributed by atoms with Crippen molar-refractivity contribution in [3.63, 3.8) is 0 Å². The van der Waals surface area contributed by atoms with Crippen LogP contribution < -0.4 is 0 Å². The Morgan fingerprint density at radius 2 is 1.65 bits per heavy atom. The third-order valence-electron chi connectivity index (χ3n) is 2.73. The van der Waals surface area contributed by atoms with Gasteiger partial charge in [-0.2, -0.15) is 0 Å². The Balaban J connectivity index is 2.36. The largest absolute Gasteiger partial charge is 0.481 e. The van der Waals surface area contributed by atoms with Crippen LogP contribution in [0, 0.1) is 0 Å². The van der Waals surface area contributed by atoms with Gasteiger partial charge in [0.2, 0.25) is 0 Å². The zero-order chi connectivity index (χ0) is 12.7. The number of rotatable bonds is 7. The first-order chi connectivity index (χ1) is 8.08. The molecule has 1 aromatic carbocycles. The van der Waals surface area contributed by atoms with Crippen LogP contribution in [0.25, 0.3) is 0 Å². The molecule has 0 aliphatic carbocycles. The van der Waals surface area contributed by atoms with E-state index in [1.54, 1.807) is 0 Å². The van der Waals surface area contributed by atoms with Crippen molar-refractivity contribution in [3.8, 4) is 0 Å². The van der Waals surface area contributed by atoms with Crippen molar-refractivity contribution in [1.29, 1.82) is 0 Å². The summed E-state index contributed by atoms with van der Waals surface area (Å²) in [6.45, 7) is 1.05. The molecule has 1 aromatic rings. The van der Waals surface area contributed by atoms with E-state index in [2.05, 4.69) is 43.3 Å². The van der Waals surface area contributed by atoms with Crippen LogP contribution in [0.1, 0.15) is 24.0 Å². The summed E-state index contributed by atoms with van der Waals surface area (Å²) in [6, 6.07) is 8.49. The topological polar surface area (TPSA) is 40.5 Å². The molecule has 0 amide bonds. The number of carbonyl (C=O) groups is 1. The third-order valence-corrected chi connectivity index (χ3v) is 2.73. The molecule has 17 heavy (non-hydrogen) atoms. The molecule has 0 saturated carbocycles. The van der Waals surface area contributed by atoms with Crippen LogP contribution in [0.15, 0.2) is 24.3 Å². The smallest absolute Gasteiger partial charge is 0.303 e. The van der Waals surface area contributed by atoms with Gasteiger partial charge in [-0.15, -0.1) is 0 Å². The number of hydrogen-bond acceptors (Lipinski definition) is 2. The van der Waals surface area contributed by atoms with Crippen molar-refractivity contribution in [2.45, 2.75) is 25.7 Å². The van der Waals surface area contributed by atoms with Crippen LogP contribution in [-0.2, 0) is 17.6 Å². The predicted molar refractivity (Wildman–Crippen MR) is 69.3 cm³/mol. The summed E-state index contributed by atoms with van der Waals surface area (Å²) in [4.78, 5) is 12.6. The molecule has 0 bridgehead atoms. The number of carboxylic acid groups (broad SMARTS) is 1. The molecule has 0 unspecified atom stereocenters. The van der Waals surface area contributed by atoms with Crippen molar-refractivity contribution >= 4 is 5.97 Å². The molecule has 3 heteroatoms. The van der Waals surface area contributed by atoms with Crippen LogP contribution in [-0.4, -0.2) is 36.6 Å². The minimum Gasteiger partial charge on any atom is -0.481 e. The monoisotopic (exact) mass is 235 g/mol. The summed E-state index contributed by atoms with van der Waals surface area (Å²) < 4.78 is 0. The van der Waals surface area contributed by atoms with Gasteiger partial charge in [0.15, 0.2) is 0 Å². The first-order valence-corrected chi connectivity index (χ1v) is 6.02. The fourth-order valence-electron chi connectivity index (χ4n) is 1.67. The molecule has 0 heterocycles. The number of aryl methyl sites for hydroxylation is 1. The average molecular weight is 235 g/mol. The van der Waals surface area contributed by atoms with Crippen LogP contribution in [0.5, 0.6) is 0 Å². The van der Waals surface area contributed by atoms with Crippen LogP contribution in [0.3, 0.4) is 0 Å². The predicted octanol–water partition coefficient (Wildman–Crippen LogP) is 2.20. The molecule has 0 saturated heterocycles. The van der Waals surface area contributed by atoms with Gasteiger partial charge in [0, 0.05) is 13.0 Å². The molecule has 3 nitrogen and oxygen atoms in total. The van der Waals surface area contributed by atoms with Gasteiger partial charge in [0.05, 0.1) is 0 Å². The minimum atomic E-state index is -0.715. The quantitative estimate of drug-likeness (QED) is 0.787. The Hall–Kier alpha value is -1.35. The third kappa shape index (κ3) is 6.07. The highest BCUT2D eigenvalue weighted by molar-refractivity contribution is 5.66. The lowest BCUT2D eigenvalue weighted by Crippen LogP contribution is -2.14. The Morgan fingerprint density at radius 3 is 2.12 bits per heavy atom. The summed E-state index contributed by atoms with van der Waals surface area (Å²) in [5.74, 6) is -0.715. The molecular formula is C14H21NO2. The molecule has 0 aromatic heterocycles. The Morgan fingerprint density at radius 1 is 1.12 bits per heavy atom. The Kier molecular flexibility index (Phi) is 5.70. The van der Waals surface area contributed by atoms with Gasteiger partial charge in [-0.25, -0.2) is 0 Å². The number of hydrogen-bond donors (Lipinski definition) is 1. The van der Waals surface area contributed by atoms with E-state index in [0.29, 0.717) is 6.42 Å². The van der Waals surface area contributed by atoms with E-state index in [-0.39, 0.29) is 6.42 Å². The second-order valence-electron chi connectivity index (χ2n) is 4.62. The average Bonchev–Trinajstić information content (AvgIpc) is 2.27. The highest BCUT2D eigenvalue weighted by atomic mass is 16.4. The molecule has 0 radical (unpaired) electrons. The van der Waals surface area contributed by atoms with Crippen LogP contribution in [0.4, 0.5) is 0 Å². The summed E-state index contributed by atoms with van der Waals surface area (Å²) >= 11 is 0. The van der Waals surface area contributed by atoms with Gasteiger partial charge in [-0.3, -0.25) is 4.79 Å². The van der Waals surface area contributed by atoms with Crippen molar-refractivity contribution in [1.82, 2.24) is 4.90 Å². The van der Waals surface area contributed by atoms with Gasteiger partial charge in [-0.1, -0.05) is 24.3 Å². The number of likely N-dealkylation sites (N-methyl/N-ethyl adjacent to an activating group) is 1. The van der Waals surface area contributed by atoms with E-state index in [4.69, 9.17) is 5.11 Å². The fraction of sp³-hybridized carbons (Fsp3) is 0.500. The maximum Gasteiger partial charge on any atom is 0.303 e. The molecule has 0 atom stereocenters. The lowest BCUT2D eigenvalue weighted by Gasteiger charge is -2.09. The zero-order valence-corrected chi connectivity index (χ0v) is 10.6. The van der Waals surface area contributed by atoms with E-state index in [0.717, 1.165) is 19.4 Å². The van der Waals surface area contributed by atoms with Crippen molar-refractivity contribution in [2.24, 2.45) is 0 Å². The van der Waals surface area contributed by atoms with E-state index in [9.17, 15) is 4.79 Å². The maximum absolute atomic E-state index is 10.4. The maximum atomic E-state index is 10.4. The molecule has 94 valence electrons. The minimum absolute atomic E-state index is 0.252. The molecule has 1 rings (SSSR count).